The van der Waals surface area contributed by atoms with Gasteiger partial charge in [0.1, 0.15) is 0 Å². The van der Waals surface area contributed by atoms with Crippen molar-refractivity contribution in [3.8, 4) is 0 Å². The van der Waals surface area contributed by atoms with Crippen LogP contribution in [0.1, 0.15) is 37.3 Å². The molecule has 1 aliphatic heterocycles. The van der Waals surface area contributed by atoms with Gasteiger partial charge in [0, 0.05) is 23.4 Å². The first-order valence-corrected chi connectivity index (χ1v) is 6.71. The highest BCUT2D eigenvalue weighted by molar-refractivity contribution is 6.30. The monoisotopic (exact) mass is 269 g/mol. The lowest BCUT2D eigenvalue weighted by Gasteiger charge is -2.20. The fourth-order valence-corrected chi connectivity index (χ4v) is 2.60. The zero-order chi connectivity index (χ0) is 13.0. The molecule has 1 aliphatic rings. The Hall–Kier alpha value is -0.810. The number of benzene rings is 1. The minimum atomic E-state index is 0.0477. The van der Waals surface area contributed by atoms with Gasteiger partial charge in [0.2, 0.25) is 0 Å². The van der Waals surface area contributed by atoms with Crippen molar-refractivity contribution in [1.82, 2.24) is 5.43 Å². The van der Waals surface area contributed by atoms with Crippen molar-refractivity contribution >= 4 is 17.3 Å². The van der Waals surface area contributed by atoms with Crippen LogP contribution < -0.4 is 17.0 Å². The standard InChI is InChI=1S/C13H20ClN3O/c14-9-3-5-11(12(15)8-9)13(17-16)6-4-10-2-1-7-18-10/h3,5,8,10,13,17H,1-2,4,6-7,15-16H2. The summed E-state index contributed by atoms with van der Waals surface area (Å²) in [6.07, 6.45) is 4.58. The van der Waals surface area contributed by atoms with Crippen LogP contribution in [0.2, 0.25) is 5.02 Å². The summed E-state index contributed by atoms with van der Waals surface area (Å²) in [6.45, 7) is 0.883. The lowest BCUT2D eigenvalue weighted by molar-refractivity contribution is 0.0996. The molecule has 5 heteroatoms. The third-order valence-corrected chi connectivity index (χ3v) is 3.66. The van der Waals surface area contributed by atoms with Crippen molar-refractivity contribution in [1.29, 1.82) is 0 Å². The normalized spacial score (nSPS) is 21.1. The van der Waals surface area contributed by atoms with E-state index in [0.29, 0.717) is 16.8 Å². The fraction of sp³-hybridized carbons (Fsp3) is 0.538. The number of halogens is 1. The number of hydrogen-bond acceptors (Lipinski definition) is 4. The average molecular weight is 270 g/mol. The fourth-order valence-electron chi connectivity index (χ4n) is 2.42. The second-order valence-electron chi connectivity index (χ2n) is 4.70. The Balaban J connectivity index is 1.98. The van der Waals surface area contributed by atoms with E-state index in [9.17, 15) is 0 Å². The molecule has 4 nitrogen and oxygen atoms in total. The van der Waals surface area contributed by atoms with Crippen LogP contribution in [-0.4, -0.2) is 12.7 Å². The molecule has 0 radical (unpaired) electrons. The number of nitrogens with two attached hydrogens (primary N) is 2. The molecule has 0 amide bonds. The summed E-state index contributed by atoms with van der Waals surface area (Å²) in [5, 5.41) is 0.645. The van der Waals surface area contributed by atoms with Crippen LogP contribution in [0.5, 0.6) is 0 Å². The van der Waals surface area contributed by atoms with Gasteiger partial charge < -0.3 is 10.5 Å². The van der Waals surface area contributed by atoms with Crippen LogP contribution in [0.4, 0.5) is 5.69 Å². The van der Waals surface area contributed by atoms with Gasteiger partial charge in [0.05, 0.1) is 6.10 Å². The van der Waals surface area contributed by atoms with Crippen molar-refractivity contribution < 1.29 is 4.74 Å². The Bertz CT molecular complexity index is 394. The summed E-state index contributed by atoms with van der Waals surface area (Å²) in [5.74, 6) is 5.62. The van der Waals surface area contributed by atoms with E-state index in [0.717, 1.165) is 37.9 Å². The van der Waals surface area contributed by atoms with Crippen LogP contribution in [0.15, 0.2) is 18.2 Å². The Morgan fingerprint density at radius 3 is 2.94 bits per heavy atom. The molecule has 1 aromatic rings. The third kappa shape index (κ3) is 3.36. The SMILES string of the molecule is NNC(CCC1CCCO1)c1ccc(Cl)cc1N. The van der Waals surface area contributed by atoms with E-state index in [1.807, 2.05) is 12.1 Å². The van der Waals surface area contributed by atoms with Gasteiger partial charge in [0.15, 0.2) is 0 Å². The Morgan fingerprint density at radius 1 is 1.50 bits per heavy atom. The zero-order valence-corrected chi connectivity index (χ0v) is 11.1. The number of hydrazine groups is 1. The molecule has 100 valence electrons. The predicted octanol–water partition coefficient (Wildman–Crippen LogP) is 2.39. The Labute approximate surface area is 113 Å². The van der Waals surface area contributed by atoms with Crippen LogP contribution in [-0.2, 0) is 4.74 Å². The highest BCUT2D eigenvalue weighted by Gasteiger charge is 2.19. The molecule has 2 unspecified atom stereocenters. The van der Waals surface area contributed by atoms with Gasteiger partial charge in [-0.2, -0.15) is 0 Å². The molecule has 0 saturated carbocycles. The molecular weight excluding hydrogens is 250 g/mol. The summed E-state index contributed by atoms with van der Waals surface area (Å²) in [5.41, 5.74) is 10.5. The smallest absolute Gasteiger partial charge is 0.0576 e. The van der Waals surface area contributed by atoms with E-state index in [4.69, 9.17) is 27.9 Å². The maximum absolute atomic E-state index is 5.97. The molecule has 2 atom stereocenters. The topological polar surface area (TPSA) is 73.3 Å². The van der Waals surface area contributed by atoms with Gasteiger partial charge in [-0.25, -0.2) is 0 Å². The largest absolute Gasteiger partial charge is 0.398 e. The minimum absolute atomic E-state index is 0.0477. The highest BCUT2D eigenvalue weighted by Crippen LogP contribution is 2.28. The predicted molar refractivity (Wildman–Crippen MR) is 74.1 cm³/mol. The van der Waals surface area contributed by atoms with Gasteiger partial charge in [0.25, 0.3) is 0 Å². The van der Waals surface area contributed by atoms with Crippen molar-refractivity contribution in [3.63, 3.8) is 0 Å². The van der Waals surface area contributed by atoms with E-state index in [-0.39, 0.29) is 6.04 Å². The average Bonchev–Trinajstić information content (AvgIpc) is 2.85. The van der Waals surface area contributed by atoms with Crippen molar-refractivity contribution in [2.75, 3.05) is 12.3 Å². The first-order valence-electron chi connectivity index (χ1n) is 6.33. The molecule has 0 spiro atoms. The second kappa shape index (κ2) is 6.38. The lowest BCUT2D eigenvalue weighted by Crippen LogP contribution is -2.29. The zero-order valence-electron chi connectivity index (χ0n) is 10.4. The molecule has 18 heavy (non-hydrogen) atoms. The molecule has 1 fully saturated rings. The van der Waals surface area contributed by atoms with Gasteiger partial charge in [-0.3, -0.25) is 11.3 Å². The summed E-state index contributed by atoms with van der Waals surface area (Å²) in [4.78, 5) is 0. The molecule has 0 bridgehead atoms. The first kappa shape index (κ1) is 13.6. The van der Waals surface area contributed by atoms with E-state index in [1.54, 1.807) is 6.07 Å². The Morgan fingerprint density at radius 2 is 2.33 bits per heavy atom. The molecular formula is C13H20ClN3O. The van der Waals surface area contributed by atoms with Crippen molar-refractivity contribution in [2.45, 2.75) is 37.8 Å². The molecule has 1 saturated heterocycles. The summed E-state index contributed by atoms with van der Waals surface area (Å²) < 4.78 is 5.61. The molecule has 1 aromatic carbocycles. The van der Waals surface area contributed by atoms with Crippen LogP contribution >= 0.6 is 11.6 Å². The van der Waals surface area contributed by atoms with E-state index in [2.05, 4.69) is 5.43 Å². The van der Waals surface area contributed by atoms with Crippen LogP contribution in [0, 0.1) is 0 Å². The van der Waals surface area contributed by atoms with Gasteiger partial charge >= 0.3 is 0 Å². The highest BCUT2D eigenvalue weighted by atomic mass is 35.5. The number of nitrogens with one attached hydrogen (secondary N) is 1. The maximum Gasteiger partial charge on any atom is 0.0576 e. The Kier molecular flexibility index (Phi) is 4.83. The first-order chi connectivity index (χ1) is 8.70. The summed E-state index contributed by atoms with van der Waals surface area (Å²) >= 11 is 5.89. The number of rotatable bonds is 5. The third-order valence-electron chi connectivity index (χ3n) is 3.43. The number of ether oxygens (including phenoxy) is 1. The van der Waals surface area contributed by atoms with Gasteiger partial charge in [-0.15, -0.1) is 0 Å². The number of anilines is 1. The molecule has 0 aromatic heterocycles. The van der Waals surface area contributed by atoms with Crippen LogP contribution in [0.25, 0.3) is 0 Å². The number of hydrogen-bond donors (Lipinski definition) is 3. The summed E-state index contributed by atoms with van der Waals surface area (Å²) in [6, 6.07) is 5.57. The molecule has 5 N–H and O–H groups in total. The van der Waals surface area contributed by atoms with Gasteiger partial charge in [-0.1, -0.05) is 17.7 Å². The van der Waals surface area contributed by atoms with Gasteiger partial charge in [-0.05, 0) is 43.4 Å². The van der Waals surface area contributed by atoms with Crippen molar-refractivity contribution in [2.24, 2.45) is 5.84 Å². The maximum atomic E-state index is 5.97. The molecule has 0 aliphatic carbocycles. The lowest BCUT2D eigenvalue weighted by atomic mass is 9.98. The van der Waals surface area contributed by atoms with E-state index < -0.39 is 0 Å². The minimum Gasteiger partial charge on any atom is -0.398 e. The number of nitrogen functional groups attached to an aromatic ring is 1. The van der Waals surface area contributed by atoms with Crippen molar-refractivity contribution in [3.05, 3.63) is 28.8 Å². The molecule has 2 rings (SSSR count). The molecule has 1 heterocycles. The van der Waals surface area contributed by atoms with E-state index >= 15 is 0 Å². The second-order valence-corrected chi connectivity index (χ2v) is 5.14. The quantitative estimate of drug-likeness (QED) is 0.436. The van der Waals surface area contributed by atoms with E-state index in [1.165, 1.54) is 0 Å². The summed E-state index contributed by atoms with van der Waals surface area (Å²) in [7, 11) is 0. The van der Waals surface area contributed by atoms with Crippen LogP contribution in [0.3, 0.4) is 0 Å².